The molecule has 3 nitrogen and oxygen atoms in total. The zero-order valence-corrected chi connectivity index (χ0v) is 6.14. The molecule has 0 spiro atoms. The van der Waals surface area contributed by atoms with Crippen LogP contribution in [0.25, 0.3) is 0 Å². The first kappa shape index (κ1) is 7.16. The molecule has 0 heterocycles. The summed E-state index contributed by atoms with van der Waals surface area (Å²) in [6.07, 6.45) is 0. The topological polar surface area (TPSA) is 32.7 Å². The van der Waals surface area contributed by atoms with E-state index in [-0.39, 0.29) is 0 Å². The van der Waals surface area contributed by atoms with E-state index in [1.165, 1.54) is 4.67 Å². The fourth-order valence-electron chi connectivity index (χ4n) is 0.0894. The van der Waals surface area contributed by atoms with Crippen LogP contribution in [0.5, 0.6) is 0 Å². The molecule has 0 bridgehead atoms. The van der Waals surface area contributed by atoms with Crippen LogP contribution in [0.4, 0.5) is 0 Å². The molecule has 41 valence electrons. The van der Waals surface area contributed by atoms with Crippen molar-refractivity contribution >= 4 is 17.1 Å². The Balaban J connectivity index is 3.56. The molecule has 0 saturated heterocycles. The molecule has 0 saturated carbocycles. The zero-order chi connectivity index (χ0) is 5.86. The van der Waals surface area contributed by atoms with Gasteiger partial charge >= 0.3 is 0 Å². The molecule has 0 aliphatic rings. The van der Waals surface area contributed by atoms with Gasteiger partial charge in [-0.1, -0.05) is 0 Å². The quantitative estimate of drug-likeness (QED) is 0.540. The molecule has 7 heavy (non-hydrogen) atoms. The normalized spacial score (nSPS) is 11.6. The van der Waals surface area contributed by atoms with Gasteiger partial charge in [-0.15, -0.1) is 0 Å². The highest BCUT2D eigenvalue weighted by molar-refractivity contribution is 7.44. The molecule has 0 rings (SSSR count). The Kier molecular flexibility index (Phi) is 3.27. The summed E-state index contributed by atoms with van der Waals surface area (Å²) in [6, 6.07) is 0. The maximum Gasteiger partial charge on any atom is 0.280 e. The molecule has 1 atom stereocenters. The maximum atomic E-state index is 10.4. The SMILES string of the molecule is CN(C)[P](=O)N=P. The molecule has 0 aromatic heterocycles. The van der Waals surface area contributed by atoms with Crippen molar-refractivity contribution in [3.63, 3.8) is 0 Å². The fraction of sp³-hybridized carbons (Fsp3) is 1.00. The first-order valence-corrected chi connectivity index (χ1v) is 3.31. The third-order valence-electron chi connectivity index (χ3n) is 0.428. The number of hydrogen-bond acceptors (Lipinski definition) is 1. The Morgan fingerprint density at radius 3 is 2.14 bits per heavy atom. The van der Waals surface area contributed by atoms with E-state index >= 15 is 0 Å². The smallest absolute Gasteiger partial charge is 0.242 e. The van der Waals surface area contributed by atoms with Gasteiger partial charge in [-0.2, -0.15) is 4.52 Å². The number of hydrogen-bond donors (Lipinski definition) is 0. The lowest BCUT2D eigenvalue weighted by Crippen LogP contribution is -1.95. The predicted octanol–water partition coefficient (Wildman–Crippen LogP) is 1.53. The third-order valence-corrected chi connectivity index (χ3v) is 1.80. The van der Waals surface area contributed by atoms with Gasteiger partial charge in [0, 0.05) is 9.03 Å². The lowest BCUT2D eigenvalue weighted by molar-refractivity contribution is 0.537. The summed E-state index contributed by atoms with van der Waals surface area (Å²) >= 11 is 0. The second kappa shape index (κ2) is 3.20. The summed E-state index contributed by atoms with van der Waals surface area (Å²) in [4.78, 5) is 0. The molecule has 0 N–H and O–H groups in total. The average Bonchev–Trinajstić information content (AvgIpc) is 1.65. The molecule has 1 unspecified atom stereocenters. The molecule has 0 aromatic carbocycles. The standard InChI is InChI=1S/C2H7N2OP2/c1-4(2)7(5)3-6/h6H,1-2H3. The molecule has 0 aliphatic carbocycles. The van der Waals surface area contributed by atoms with Crippen LogP contribution in [0.3, 0.4) is 0 Å². The van der Waals surface area contributed by atoms with E-state index in [0.29, 0.717) is 0 Å². The monoisotopic (exact) mass is 137 g/mol. The highest BCUT2D eigenvalue weighted by Gasteiger charge is 1.94. The highest BCUT2D eigenvalue weighted by Crippen LogP contribution is 2.24. The van der Waals surface area contributed by atoms with Crippen molar-refractivity contribution in [2.45, 2.75) is 0 Å². The molecule has 5 heteroatoms. The van der Waals surface area contributed by atoms with E-state index in [0.717, 1.165) is 0 Å². The summed E-state index contributed by atoms with van der Waals surface area (Å²) in [5.74, 6) is 0. The highest BCUT2D eigenvalue weighted by atomic mass is 31.1. The van der Waals surface area contributed by atoms with Crippen LogP contribution in [-0.2, 0) is 4.57 Å². The summed E-state index contributed by atoms with van der Waals surface area (Å²) in [5.41, 5.74) is 0. The van der Waals surface area contributed by atoms with Gasteiger partial charge in [0.05, 0.1) is 0 Å². The molecule has 0 amide bonds. The van der Waals surface area contributed by atoms with Crippen LogP contribution < -0.4 is 0 Å². The van der Waals surface area contributed by atoms with Crippen molar-refractivity contribution in [1.29, 1.82) is 0 Å². The summed E-state index contributed by atoms with van der Waals surface area (Å²) in [7, 11) is 4.64. The Hall–Kier alpha value is 0.160. The Labute approximate surface area is 45.9 Å². The Morgan fingerprint density at radius 1 is 1.71 bits per heavy atom. The van der Waals surface area contributed by atoms with Gasteiger partial charge in [0.1, 0.15) is 0 Å². The van der Waals surface area contributed by atoms with Gasteiger partial charge in [0.15, 0.2) is 0 Å². The summed E-state index contributed by atoms with van der Waals surface area (Å²) in [6.45, 7) is 0. The van der Waals surface area contributed by atoms with E-state index < -0.39 is 8.10 Å². The number of rotatable bonds is 2. The molecular weight excluding hydrogens is 130 g/mol. The minimum absolute atomic E-state index is 1.52. The van der Waals surface area contributed by atoms with Crippen molar-refractivity contribution in [1.82, 2.24) is 4.67 Å². The van der Waals surface area contributed by atoms with Gasteiger partial charge in [-0.3, -0.25) is 0 Å². The second-order valence-electron chi connectivity index (χ2n) is 1.20. The lowest BCUT2D eigenvalue weighted by atomic mass is 11.3. The Bertz CT molecular complexity index is 91.7. The van der Waals surface area contributed by atoms with Gasteiger partial charge in [-0.25, -0.2) is 9.24 Å². The van der Waals surface area contributed by atoms with Crippen molar-refractivity contribution in [2.24, 2.45) is 4.52 Å². The first-order valence-electron chi connectivity index (χ1n) is 1.70. The molecule has 0 aromatic rings. The van der Waals surface area contributed by atoms with E-state index in [1.807, 2.05) is 0 Å². The summed E-state index contributed by atoms with van der Waals surface area (Å²) < 4.78 is 15.2. The van der Waals surface area contributed by atoms with Crippen molar-refractivity contribution in [2.75, 3.05) is 14.1 Å². The molecule has 0 aliphatic heterocycles. The third kappa shape index (κ3) is 2.81. The van der Waals surface area contributed by atoms with E-state index in [1.54, 1.807) is 14.1 Å². The molecular formula is C2H7N2OP2. The van der Waals surface area contributed by atoms with E-state index in [9.17, 15) is 4.57 Å². The van der Waals surface area contributed by atoms with E-state index in [2.05, 4.69) is 13.5 Å². The maximum absolute atomic E-state index is 10.4. The van der Waals surface area contributed by atoms with Crippen LogP contribution >= 0.6 is 17.1 Å². The second-order valence-corrected chi connectivity index (χ2v) is 3.31. The summed E-state index contributed by atoms with van der Waals surface area (Å²) in [5, 5.41) is 0. The minimum Gasteiger partial charge on any atom is -0.242 e. The largest absolute Gasteiger partial charge is 0.280 e. The van der Waals surface area contributed by atoms with Crippen LogP contribution in [-0.4, -0.2) is 18.8 Å². The average molecular weight is 137 g/mol. The van der Waals surface area contributed by atoms with Gasteiger partial charge in [0.2, 0.25) is 0 Å². The van der Waals surface area contributed by atoms with Crippen LogP contribution in [0.2, 0.25) is 0 Å². The zero-order valence-electron chi connectivity index (χ0n) is 4.25. The van der Waals surface area contributed by atoms with Gasteiger partial charge in [-0.05, 0) is 14.1 Å². The lowest BCUT2D eigenvalue weighted by Gasteiger charge is -1.98. The Morgan fingerprint density at radius 2 is 2.14 bits per heavy atom. The number of nitrogens with zero attached hydrogens (tertiary/aromatic N) is 2. The molecule has 0 fully saturated rings. The van der Waals surface area contributed by atoms with Crippen LogP contribution in [0.15, 0.2) is 4.52 Å². The van der Waals surface area contributed by atoms with Gasteiger partial charge < -0.3 is 0 Å². The van der Waals surface area contributed by atoms with Gasteiger partial charge in [0.25, 0.3) is 8.10 Å². The first-order chi connectivity index (χ1) is 3.18. The van der Waals surface area contributed by atoms with Crippen molar-refractivity contribution in [3.8, 4) is 0 Å². The van der Waals surface area contributed by atoms with Crippen molar-refractivity contribution < 1.29 is 4.57 Å². The van der Waals surface area contributed by atoms with Crippen LogP contribution in [0.1, 0.15) is 0 Å². The predicted molar refractivity (Wildman–Crippen MR) is 32.0 cm³/mol. The van der Waals surface area contributed by atoms with E-state index in [4.69, 9.17) is 0 Å². The minimum atomic E-state index is -1.52. The fourth-order valence-corrected chi connectivity index (χ4v) is 0.805. The van der Waals surface area contributed by atoms with Crippen LogP contribution in [0, 0.1) is 0 Å². The molecule has 1 radical (unpaired) electrons. The van der Waals surface area contributed by atoms with Crippen molar-refractivity contribution in [3.05, 3.63) is 0 Å².